The van der Waals surface area contributed by atoms with E-state index in [0.717, 1.165) is 29.0 Å². The second-order valence-corrected chi connectivity index (χ2v) is 5.95. The van der Waals surface area contributed by atoms with Crippen molar-refractivity contribution in [3.63, 3.8) is 0 Å². The zero-order valence-corrected chi connectivity index (χ0v) is 15.9. The Kier molecular flexibility index (Phi) is 7.67. The molecule has 0 atom stereocenters. The molecule has 0 aromatic heterocycles. The standard InChI is InChI=1S/C21H25NO5/c1-4-16-7-5-6-15(2)21(16)22-19(23)14-27-20(24)12-13-26-18-10-8-17(25-3)9-11-18/h5-11H,4,12-14H2,1-3H3,(H,22,23). The number of anilines is 1. The second kappa shape index (κ2) is 10.2. The van der Waals surface area contributed by atoms with E-state index < -0.39 is 5.97 Å². The van der Waals surface area contributed by atoms with Crippen LogP contribution in [0.1, 0.15) is 24.5 Å². The predicted molar refractivity (Wildman–Crippen MR) is 103 cm³/mol. The third kappa shape index (κ3) is 6.33. The van der Waals surface area contributed by atoms with E-state index in [9.17, 15) is 9.59 Å². The molecule has 2 rings (SSSR count). The smallest absolute Gasteiger partial charge is 0.309 e. The van der Waals surface area contributed by atoms with Gasteiger partial charge in [0.25, 0.3) is 5.91 Å². The van der Waals surface area contributed by atoms with Gasteiger partial charge in [0.1, 0.15) is 11.5 Å². The number of para-hydroxylation sites is 1. The molecule has 0 fully saturated rings. The van der Waals surface area contributed by atoms with Gasteiger partial charge in [-0.15, -0.1) is 0 Å². The maximum Gasteiger partial charge on any atom is 0.309 e. The number of carbonyl (C=O) groups excluding carboxylic acids is 2. The molecule has 0 spiro atoms. The fourth-order valence-electron chi connectivity index (χ4n) is 2.52. The van der Waals surface area contributed by atoms with E-state index in [4.69, 9.17) is 14.2 Å². The van der Waals surface area contributed by atoms with Crippen molar-refractivity contribution >= 4 is 17.6 Å². The second-order valence-electron chi connectivity index (χ2n) is 5.95. The molecular weight excluding hydrogens is 346 g/mol. The summed E-state index contributed by atoms with van der Waals surface area (Å²) in [5.41, 5.74) is 2.80. The molecule has 0 aliphatic heterocycles. The van der Waals surface area contributed by atoms with Gasteiger partial charge >= 0.3 is 5.97 Å². The fraction of sp³-hybridized carbons (Fsp3) is 0.333. The third-order valence-corrected chi connectivity index (χ3v) is 4.00. The van der Waals surface area contributed by atoms with Gasteiger partial charge in [0.15, 0.2) is 6.61 Å². The summed E-state index contributed by atoms with van der Waals surface area (Å²) in [6.45, 7) is 3.80. The summed E-state index contributed by atoms with van der Waals surface area (Å²) < 4.78 is 15.5. The lowest BCUT2D eigenvalue weighted by atomic mass is 10.1. The quantitative estimate of drug-likeness (QED) is 0.683. The first-order chi connectivity index (χ1) is 13.0. The van der Waals surface area contributed by atoms with Gasteiger partial charge in [0, 0.05) is 5.69 Å². The van der Waals surface area contributed by atoms with Crippen LogP contribution in [-0.2, 0) is 20.7 Å². The van der Waals surface area contributed by atoms with Crippen LogP contribution in [0.4, 0.5) is 5.69 Å². The number of ether oxygens (including phenoxy) is 3. The molecule has 0 unspecified atom stereocenters. The number of carbonyl (C=O) groups is 2. The van der Waals surface area contributed by atoms with Crippen molar-refractivity contribution in [1.29, 1.82) is 0 Å². The van der Waals surface area contributed by atoms with Gasteiger partial charge in [-0.25, -0.2) is 0 Å². The van der Waals surface area contributed by atoms with Gasteiger partial charge in [-0.3, -0.25) is 9.59 Å². The summed E-state index contributed by atoms with van der Waals surface area (Å²) >= 11 is 0. The van der Waals surface area contributed by atoms with Gasteiger partial charge < -0.3 is 19.5 Å². The Morgan fingerprint density at radius 1 is 1.04 bits per heavy atom. The number of methoxy groups -OCH3 is 1. The number of esters is 1. The molecule has 1 N–H and O–H groups in total. The monoisotopic (exact) mass is 371 g/mol. The highest BCUT2D eigenvalue weighted by molar-refractivity contribution is 5.94. The number of aryl methyl sites for hydroxylation is 2. The number of hydrogen-bond acceptors (Lipinski definition) is 5. The largest absolute Gasteiger partial charge is 0.497 e. The first kappa shape index (κ1) is 20.3. The lowest BCUT2D eigenvalue weighted by molar-refractivity contribution is -0.147. The topological polar surface area (TPSA) is 73.9 Å². The highest BCUT2D eigenvalue weighted by Crippen LogP contribution is 2.21. The van der Waals surface area contributed by atoms with Crippen LogP contribution >= 0.6 is 0 Å². The number of nitrogens with one attached hydrogen (secondary N) is 1. The van der Waals surface area contributed by atoms with Crippen molar-refractivity contribution in [2.75, 3.05) is 25.6 Å². The Balaban J connectivity index is 1.72. The molecule has 0 bridgehead atoms. The molecule has 0 saturated carbocycles. The van der Waals surface area contributed by atoms with Crippen molar-refractivity contribution in [1.82, 2.24) is 0 Å². The van der Waals surface area contributed by atoms with E-state index in [0.29, 0.717) is 5.75 Å². The summed E-state index contributed by atoms with van der Waals surface area (Å²) in [5.74, 6) is 0.517. The first-order valence-electron chi connectivity index (χ1n) is 8.84. The normalized spacial score (nSPS) is 10.2. The maximum atomic E-state index is 12.1. The van der Waals surface area contributed by atoms with Crippen LogP contribution < -0.4 is 14.8 Å². The lowest BCUT2D eigenvalue weighted by Gasteiger charge is -2.13. The predicted octanol–water partition coefficient (Wildman–Crippen LogP) is 3.52. The van der Waals surface area contributed by atoms with E-state index >= 15 is 0 Å². The molecule has 144 valence electrons. The molecule has 0 saturated heterocycles. The summed E-state index contributed by atoms with van der Waals surface area (Å²) in [7, 11) is 1.59. The molecule has 6 heteroatoms. The molecule has 2 aromatic rings. The average molecular weight is 371 g/mol. The van der Waals surface area contributed by atoms with Crippen LogP contribution in [0.5, 0.6) is 11.5 Å². The summed E-state index contributed by atoms with van der Waals surface area (Å²) in [6.07, 6.45) is 0.865. The Morgan fingerprint density at radius 3 is 2.41 bits per heavy atom. The van der Waals surface area contributed by atoms with Crippen molar-refractivity contribution in [3.05, 3.63) is 53.6 Å². The maximum absolute atomic E-state index is 12.1. The van der Waals surface area contributed by atoms with E-state index in [-0.39, 0.29) is 25.5 Å². The molecule has 0 aliphatic rings. The minimum absolute atomic E-state index is 0.0594. The third-order valence-electron chi connectivity index (χ3n) is 4.00. The van der Waals surface area contributed by atoms with Crippen LogP contribution in [-0.4, -0.2) is 32.2 Å². The molecule has 2 aromatic carbocycles. The van der Waals surface area contributed by atoms with Gasteiger partial charge in [-0.2, -0.15) is 0 Å². The molecular formula is C21H25NO5. The van der Waals surface area contributed by atoms with Crippen LogP contribution in [0.25, 0.3) is 0 Å². The first-order valence-corrected chi connectivity index (χ1v) is 8.84. The van der Waals surface area contributed by atoms with Crippen LogP contribution in [0, 0.1) is 6.92 Å². The SMILES string of the molecule is CCc1cccc(C)c1NC(=O)COC(=O)CCOc1ccc(OC)cc1. The van der Waals surface area contributed by atoms with E-state index in [1.165, 1.54) is 0 Å². The van der Waals surface area contributed by atoms with E-state index in [1.807, 2.05) is 32.0 Å². The summed E-state index contributed by atoms with van der Waals surface area (Å²) in [4.78, 5) is 23.8. The Labute approximate surface area is 159 Å². The van der Waals surface area contributed by atoms with Crippen molar-refractivity contribution in [3.8, 4) is 11.5 Å². The number of rotatable bonds is 9. The van der Waals surface area contributed by atoms with E-state index in [2.05, 4.69) is 5.32 Å². The van der Waals surface area contributed by atoms with Gasteiger partial charge in [-0.1, -0.05) is 25.1 Å². The number of hydrogen-bond donors (Lipinski definition) is 1. The highest BCUT2D eigenvalue weighted by Gasteiger charge is 2.11. The summed E-state index contributed by atoms with van der Waals surface area (Å²) in [6, 6.07) is 12.9. The van der Waals surface area contributed by atoms with E-state index in [1.54, 1.807) is 31.4 Å². The average Bonchev–Trinajstić information content (AvgIpc) is 2.68. The van der Waals surface area contributed by atoms with Crippen LogP contribution in [0.3, 0.4) is 0 Å². The van der Waals surface area contributed by atoms with Gasteiger partial charge in [0.2, 0.25) is 0 Å². The molecule has 0 radical (unpaired) electrons. The Hall–Kier alpha value is -3.02. The van der Waals surface area contributed by atoms with Crippen molar-refractivity contribution in [2.45, 2.75) is 26.7 Å². The zero-order valence-electron chi connectivity index (χ0n) is 15.9. The molecule has 0 heterocycles. The van der Waals surface area contributed by atoms with Gasteiger partial charge in [0.05, 0.1) is 20.1 Å². The Bertz CT molecular complexity index is 771. The van der Waals surface area contributed by atoms with Crippen LogP contribution in [0.15, 0.2) is 42.5 Å². The fourth-order valence-corrected chi connectivity index (χ4v) is 2.52. The molecule has 6 nitrogen and oxygen atoms in total. The minimum atomic E-state index is -0.487. The zero-order chi connectivity index (χ0) is 19.6. The van der Waals surface area contributed by atoms with Gasteiger partial charge in [-0.05, 0) is 48.7 Å². The summed E-state index contributed by atoms with van der Waals surface area (Å²) in [5, 5.41) is 2.82. The molecule has 27 heavy (non-hydrogen) atoms. The van der Waals surface area contributed by atoms with Crippen molar-refractivity contribution < 1.29 is 23.8 Å². The number of amides is 1. The number of benzene rings is 2. The molecule has 1 amide bonds. The minimum Gasteiger partial charge on any atom is -0.497 e. The highest BCUT2D eigenvalue weighted by atomic mass is 16.5. The van der Waals surface area contributed by atoms with Crippen molar-refractivity contribution in [2.24, 2.45) is 0 Å². The molecule has 0 aliphatic carbocycles. The Morgan fingerprint density at radius 2 is 1.74 bits per heavy atom. The lowest BCUT2D eigenvalue weighted by Crippen LogP contribution is -2.22. The van der Waals surface area contributed by atoms with Crippen LogP contribution in [0.2, 0.25) is 0 Å².